The summed E-state index contributed by atoms with van der Waals surface area (Å²) in [4.78, 5) is 41.2. The van der Waals surface area contributed by atoms with E-state index in [1.807, 2.05) is 0 Å². The number of amides is 3. The minimum absolute atomic E-state index is 0.0431. The molecule has 0 bridgehead atoms. The fraction of sp³-hybridized carbons (Fsp3) is 0.323. The lowest BCUT2D eigenvalue weighted by atomic mass is 9.98. The Morgan fingerprint density at radius 1 is 1.07 bits per heavy atom. The molecule has 4 atom stereocenters. The van der Waals surface area contributed by atoms with Gasteiger partial charge in [-0.2, -0.15) is 13.2 Å². The van der Waals surface area contributed by atoms with E-state index >= 15 is 0 Å². The summed E-state index contributed by atoms with van der Waals surface area (Å²) >= 11 is 1.27. The highest BCUT2D eigenvalue weighted by Gasteiger charge is 2.44. The quantitative estimate of drug-likeness (QED) is 0.263. The smallest absolute Gasteiger partial charge is 0.416 e. The zero-order valence-corrected chi connectivity index (χ0v) is 24.6. The number of halogens is 4. The Bertz CT molecular complexity index is 1520. The first-order valence-corrected chi connectivity index (χ1v) is 14.7. The van der Waals surface area contributed by atoms with Crippen molar-refractivity contribution in [2.24, 2.45) is 0 Å². The molecule has 1 saturated heterocycles. The lowest BCUT2D eigenvalue weighted by molar-refractivity contribution is -0.146. The number of aliphatic hydroxyl groups is 1. The maximum atomic E-state index is 14.3. The van der Waals surface area contributed by atoms with E-state index in [9.17, 15) is 42.2 Å². The van der Waals surface area contributed by atoms with Gasteiger partial charge in [-0.15, -0.1) is 11.8 Å². The number of phenols is 1. The Kier molecular flexibility index (Phi) is 10.2. The molecule has 234 valence electrons. The zero-order chi connectivity index (χ0) is 32.2. The molecule has 1 aliphatic rings. The second-order valence-corrected chi connectivity index (χ2v) is 11.8. The van der Waals surface area contributed by atoms with Gasteiger partial charge in [0.1, 0.15) is 17.6 Å². The van der Waals surface area contributed by atoms with Gasteiger partial charge in [0, 0.05) is 28.5 Å². The van der Waals surface area contributed by atoms with Gasteiger partial charge >= 0.3 is 6.18 Å². The predicted octanol–water partition coefficient (Wildman–Crippen LogP) is 4.17. The van der Waals surface area contributed by atoms with Crippen LogP contribution in [0.15, 0.2) is 66.7 Å². The number of aliphatic hydroxyl groups excluding tert-OH is 1. The predicted molar refractivity (Wildman–Crippen MR) is 156 cm³/mol. The summed E-state index contributed by atoms with van der Waals surface area (Å²) in [6.45, 7) is 2.83. The molecule has 4 rings (SSSR count). The minimum Gasteiger partial charge on any atom is -0.508 e. The SMILES string of the molecule is Cc1c(O)cccc1C(=O)N[C@@H](Cc1ccccc1)[C@H](O)C(=O)N1CSC(C)[C@H]1C(=O)NCc1ccc(C(F)(F)F)cc1F. The molecule has 4 N–H and O–H groups in total. The maximum Gasteiger partial charge on any atom is 0.416 e. The number of thioether (sulfide) groups is 1. The number of hydrogen-bond acceptors (Lipinski definition) is 6. The number of alkyl halides is 3. The molecular weight excluding hydrogens is 602 g/mol. The van der Waals surface area contributed by atoms with Gasteiger partial charge in [0.05, 0.1) is 17.5 Å². The van der Waals surface area contributed by atoms with Crippen molar-refractivity contribution in [3.63, 3.8) is 0 Å². The molecule has 0 spiro atoms. The molecule has 3 aromatic carbocycles. The minimum atomic E-state index is -4.72. The van der Waals surface area contributed by atoms with E-state index in [2.05, 4.69) is 10.6 Å². The number of benzene rings is 3. The van der Waals surface area contributed by atoms with Crippen molar-refractivity contribution < 1.29 is 42.2 Å². The van der Waals surface area contributed by atoms with Crippen LogP contribution >= 0.6 is 11.8 Å². The van der Waals surface area contributed by atoms with Gasteiger partial charge in [-0.05, 0) is 43.2 Å². The fourth-order valence-electron chi connectivity index (χ4n) is 4.90. The first kappa shape index (κ1) is 32.8. The molecule has 1 unspecified atom stereocenters. The van der Waals surface area contributed by atoms with Crippen molar-refractivity contribution in [1.29, 1.82) is 0 Å². The number of nitrogens with one attached hydrogen (secondary N) is 2. The number of phenolic OH excluding ortho intramolecular Hbond substituents is 1. The van der Waals surface area contributed by atoms with E-state index in [0.29, 0.717) is 23.3 Å². The van der Waals surface area contributed by atoms with E-state index in [1.54, 1.807) is 44.2 Å². The number of rotatable bonds is 9. The Morgan fingerprint density at radius 2 is 1.77 bits per heavy atom. The summed E-state index contributed by atoms with van der Waals surface area (Å²) in [5.41, 5.74) is -0.145. The van der Waals surface area contributed by atoms with Crippen LogP contribution in [0.3, 0.4) is 0 Å². The third-order valence-electron chi connectivity index (χ3n) is 7.44. The van der Waals surface area contributed by atoms with Crippen LogP contribution in [0.2, 0.25) is 0 Å². The second kappa shape index (κ2) is 13.7. The number of hydrogen-bond donors (Lipinski definition) is 4. The topological polar surface area (TPSA) is 119 Å². The summed E-state index contributed by atoms with van der Waals surface area (Å²) < 4.78 is 53.0. The Balaban J connectivity index is 1.51. The maximum absolute atomic E-state index is 14.3. The van der Waals surface area contributed by atoms with Crippen LogP contribution in [0.1, 0.15) is 39.5 Å². The van der Waals surface area contributed by atoms with Crippen LogP contribution in [-0.2, 0) is 28.7 Å². The molecule has 13 heteroatoms. The van der Waals surface area contributed by atoms with Gasteiger partial charge < -0.3 is 25.7 Å². The Hall–Kier alpha value is -4.10. The van der Waals surface area contributed by atoms with Crippen LogP contribution in [0.4, 0.5) is 17.6 Å². The van der Waals surface area contributed by atoms with Crippen molar-refractivity contribution in [2.45, 2.75) is 56.4 Å². The molecule has 1 fully saturated rings. The number of carbonyl (C=O) groups is 3. The summed E-state index contributed by atoms with van der Waals surface area (Å²) in [5.74, 6) is -3.32. The summed E-state index contributed by atoms with van der Waals surface area (Å²) in [6, 6.07) is 13.1. The average Bonchev–Trinajstić information content (AvgIpc) is 3.37. The summed E-state index contributed by atoms with van der Waals surface area (Å²) in [7, 11) is 0. The van der Waals surface area contributed by atoms with Crippen molar-refractivity contribution in [2.75, 3.05) is 5.88 Å². The van der Waals surface area contributed by atoms with Gasteiger partial charge in [-0.1, -0.05) is 49.4 Å². The van der Waals surface area contributed by atoms with Crippen LogP contribution < -0.4 is 10.6 Å². The average molecular weight is 634 g/mol. The first-order chi connectivity index (χ1) is 20.8. The molecule has 3 aromatic rings. The second-order valence-electron chi connectivity index (χ2n) is 10.4. The van der Waals surface area contributed by atoms with E-state index < -0.39 is 65.3 Å². The largest absolute Gasteiger partial charge is 0.508 e. The molecule has 3 amide bonds. The number of carbonyl (C=O) groups excluding carboxylic acids is 3. The molecule has 0 saturated carbocycles. The van der Waals surface area contributed by atoms with Gasteiger partial charge in [-0.3, -0.25) is 14.4 Å². The molecule has 0 radical (unpaired) electrons. The molecule has 44 heavy (non-hydrogen) atoms. The Labute approximate surface area is 255 Å². The van der Waals surface area contributed by atoms with E-state index in [1.165, 1.54) is 34.9 Å². The Morgan fingerprint density at radius 3 is 2.43 bits per heavy atom. The summed E-state index contributed by atoms with van der Waals surface area (Å²) in [6.07, 6.45) is -6.43. The van der Waals surface area contributed by atoms with E-state index in [-0.39, 0.29) is 29.2 Å². The summed E-state index contributed by atoms with van der Waals surface area (Å²) in [5, 5.41) is 26.1. The van der Waals surface area contributed by atoms with E-state index in [4.69, 9.17) is 0 Å². The van der Waals surface area contributed by atoms with Gasteiger partial charge in [0.2, 0.25) is 5.91 Å². The molecule has 1 heterocycles. The third kappa shape index (κ3) is 7.51. The fourth-order valence-corrected chi connectivity index (χ4v) is 6.04. The molecule has 0 aromatic heterocycles. The van der Waals surface area contributed by atoms with Crippen molar-refractivity contribution in [3.8, 4) is 5.75 Å². The first-order valence-electron chi connectivity index (χ1n) is 13.6. The molecule has 1 aliphatic heterocycles. The molecular formula is C31H31F4N3O5S. The monoisotopic (exact) mass is 633 g/mol. The van der Waals surface area contributed by atoms with Crippen LogP contribution in [0, 0.1) is 12.7 Å². The van der Waals surface area contributed by atoms with Gasteiger partial charge in [0.25, 0.3) is 11.8 Å². The van der Waals surface area contributed by atoms with Crippen LogP contribution in [0.5, 0.6) is 5.75 Å². The molecule has 0 aliphatic carbocycles. The van der Waals surface area contributed by atoms with Crippen LogP contribution in [0.25, 0.3) is 0 Å². The van der Waals surface area contributed by atoms with Crippen LogP contribution in [-0.4, -0.2) is 62.1 Å². The highest BCUT2D eigenvalue weighted by molar-refractivity contribution is 8.00. The highest BCUT2D eigenvalue weighted by atomic mass is 32.2. The van der Waals surface area contributed by atoms with Crippen molar-refractivity contribution >= 4 is 29.5 Å². The lowest BCUT2D eigenvalue weighted by Crippen LogP contribution is -2.57. The highest BCUT2D eigenvalue weighted by Crippen LogP contribution is 2.32. The van der Waals surface area contributed by atoms with Gasteiger partial charge in [-0.25, -0.2) is 4.39 Å². The van der Waals surface area contributed by atoms with Crippen molar-refractivity contribution in [3.05, 3.63) is 100 Å². The lowest BCUT2D eigenvalue weighted by Gasteiger charge is -2.31. The standard InChI is InChI=1S/C31H31F4N3O5S/c1-17-22(9-6-10-25(17)39)28(41)37-24(13-19-7-4-3-5-8-19)27(40)30(43)38-16-44-18(2)26(38)29(42)36-15-20-11-12-21(14-23(20)32)31(33,34)35/h3-12,14,18,24,26-27,39-40H,13,15-16H2,1-2H3,(H,36,42)(H,37,41)/t18?,24-,26-,27-/m0/s1. The van der Waals surface area contributed by atoms with Gasteiger partial charge in [0.15, 0.2) is 6.10 Å². The van der Waals surface area contributed by atoms with Crippen molar-refractivity contribution in [1.82, 2.24) is 15.5 Å². The zero-order valence-electron chi connectivity index (χ0n) is 23.8. The van der Waals surface area contributed by atoms with E-state index in [0.717, 1.165) is 6.07 Å². The normalized spacial score (nSPS) is 18.0. The third-order valence-corrected chi connectivity index (χ3v) is 8.65. The molecule has 8 nitrogen and oxygen atoms in total. The number of nitrogens with zero attached hydrogens (tertiary/aromatic N) is 1. The number of aromatic hydroxyl groups is 1.